The molecule has 0 fully saturated rings. The fourth-order valence-corrected chi connectivity index (χ4v) is 7.80. The number of aromatic nitrogens is 3. The zero-order valence-corrected chi connectivity index (χ0v) is 30.1. The van der Waals surface area contributed by atoms with Gasteiger partial charge in [0.2, 0.25) is 0 Å². The maximum atomic E-state index is 6.77. The summed E-state index contributed by atoms with van der Waals surface area (Å²) in [5.74, 6) is 1.77. The maximum absolute atomic E-state index is 6.77. The van der Waals surface area contributed by atoms with Crippen molar-refractivity contribution in [3.63, 3.8) is 0 Å². The first-order valence-corrected chi connectivity index (χ1v) is 18.7. The monoisotopic (exact) mass is 717 g/mol. The molecule has 0 aliphatic carbocycles. The van der Waals surface area contributed by atoms with Crippen molar-refractivity contribution < 1.29 is 8.83 Å². The van der Waals surface area contributed by atoms with Crippen LogP contribution in [0.25, 0.3) is 111 Å². The van der Waals surface area contributed by atoms with Crippen molar-refractivity contribution in [3.8, 4) is 67.5 Å². The minimum atomic E-state index is 0.556. The standard InChI is InChI=1S/C51H31N3O2/c1-4-13-32(14-5-1)33-23-25-34(26-24-33)43-29-38(31-46-47(43)41-19-10-11-22-44(41)55-46)37-27-28-39-40-20-12-21-42(48(40)56-45(39)30-37)51-53-49(35-15-6-2-7-16-35)52-50(54-51)36-17-8-3-9-18-36/h1-31H. The summed E-state index contributed by atoms with van der Waals surface area (Å²) in [7, 11) is 0. The molecule has 0 unspecified atom stereocenters. The first-order chi connectivity index (χ1) is 27.7. The normalized spacial score (nSPS) is 11.6. The van der Waals surface area contributed by atoms with Gasteiger partial charge >= 0.3 is 0 Å². The van der Waals surface area contributed by atoms with Gasteiger partial charge in [0, 0.05) is 32.7 Å². The van der Waals surface area contributed by atoms with E-state index in [0.29, 0.717) is 17.5 Å². The fraction of sp³-hybridized carbons (Fsp3) is 0. The second-order valence-electron chi connectivity index (χ2n) is 14.0. The van der Waals surface area contributed by atoms with Gasteiger partial charge in [0.1, 0.15) is 22.3 Å². The molecule has 0 radical (unpaired) electrons. The van der Waals surface area contributed by atoms with Crippen LogP contribution in [0.1, 0.15) is 0 Å². The number of furan rings is 2. The predicted octanol–water partition coefficient (Wildman–Crippen LogP) is 13.7. The summed E-state index contributed by atoms with van der Waals surface area (Å²) in [4.78, 5) is 14.9. The minimum absolute atomic E-state index is 0.556. The van der Waals surface area contributed by atoms with Crippen LogP contribution in [-0.2, 0) is 0 Å². The van der Waals surface area contributed by atoms with E-state index in [2.05, 4.69) is 97.1 Å². The van der Waals surface area contributed by atoms with Gasteiger partial charge < -0.3 is 8.83 Å². The van der Waals surface area contributed by atoms with Crippen LogP contribution in [0.3, 0.4) is 0 Å². The Morgan fingerprint density at radius 3 is 1.55 bits per heavy atom. The molecule has 5 nitrogen and oxygen atoms in total. The van der Waals surface area contributed by atoms with Crippen molar-refractivity contribution in [3.05, 3.63) is 188 Å². The molecule has 56 heavy (non-hydrogen) atoms. The van der Waals surface area contributed by atoms with Crippen LogP contribution in [0.5, 0.6) is 0 Å². The van der Waals surface area contributed by atoms with Crippen molar-refractivity contribution in [2.24, 2.45) is 0 Å². The molecule has 0 saturated carbocycles. The fourth-order valence-electron chi connectivity index (χ4n) is 7.80. The highest BCUT2D eigenvalue weighted by molar-refractivity contribution is 6.14. The van der Waals surface area contributed by atoms with Crippen LogP contribution < -0.4 is 0 Å². The van der Waals surface area contributed by atoms with E-state index in [4.69, 9.17) is 23.8 Å². The van der Waals surface area contributed by atoms with E-state index in [-0.39, 0.29) is 0 Å². The van der Waals surface area contributed by atoms with Crippen LogP contribution in [0, 0.1) is 0 Å². The Kier molecular flexibility index (Phi) is 7.42. The third-order valence-corrected chi connectivity index (χ3v) is 10.6. The molecule has 262 valence electrons. The highest BCUT2D eigenvalue weighted by Gasteiger charge is 2.20. The lowest BCUT2D eigenvalue weighted by Crippen LogP contribution is -2.00. The molecule has 0 atom stereocenters. The SMILES string of the molecule is c1ccc(-c2ccc(-c3cc(-c4ccc5c(c4)oc4c(-c6nc(-c7ccccc7)nc(-c7ccccc7)n6)cccc45)cc4oc5ccccc5c34)cc2)cc1. The largest absolute Gasteiger partial charge is 0.456 e. The van der Waals surface area contributed by atoms with Crippen LogP contribution in [-0.4, -0.2) is 15.0 Å². The Hall–Kier alpha value is -7.63. The van der Waals surface area contributed by atoms with Crippen LogP contribution in [0.4, 0.5) is 0 Å². The van der Waals surface area contributed by atoms with Crippen molar-refractivity contribution in [2.75, 3.05) is 0 Å². The van der Waals surface area contributed by atoms with Gasteiger partial charge in [-0.15, -0.1) is 0 Å². The molecule has 8 aromatic carbocycles. The molecule has 0 aliphatic heterocycles. The van der Waals surface area contributed by atoms with Gasteiger partial charge in [0.15, 0.2) is 17.5 Å². The molecule has 0 spiro atoms. The van der Waals surface area contributed by atoms with Gasteiger partial charge in [0.05, 0.1) is 5.56 Å². The van der Waals surface area contributed by atoms with Gasteiger partial charge in [-0.05, 0) is 69.8 Å². The average molecular weight is 718 g/mol. The molecule has 0 aliphatic rings. The van der Waals surface area contributed by atoms with E-state index in [0.717, 1.165) is 82.8 Å². The van der Waals surface area contributed by atoms with Gasteiger partial charge in [-0.3, -0.25) is 0 Å². The number of hydrogen-bond acceptors (Lipinski definition) is 5. The molecule has 0 saturated heterocycles. The van der Waals surface area contributed by atoms with Crippen LogP contribution in [0.2, 0.25) is 0 Å². The summed E-state index contributed by atoms with van der Waals surface area (Å²) in [5.41, 5.74) is 12.6. The molecule has 3 aromatic heterocycles. The van der Waals surface area contributed by atoms with E-state index in [1.807, 2.05) is 91.0 Å². The lowest BCUT2D eigenvalue weighted by Gasteiger charge is -2.10. The Balaban J connectivity index is 1.06. The molecule has 11 aromatic rings. The molecular formula is C51H31N3O2. The van der Waals surface area contributed by atoms with Crippen LogP contribution >= 0.6 is 0 Å². The lowest BCUT2D eigenvalue weighted by atomic mass is 9.93. The van der Waals surface area contributed by atoms with Gasteiger partial charge in [-0.1, -0.05) is 152 Å². The lowest BCUT2D eigenvalue weighted by molar-refractivity contribution is 0.668. The summed E-state index contributed by atoms with van der Waals surface area (Å²) in [5, 5.41) is 4.22. The maximum Gasteiger partial charge on any atom is 0.167 e. The minimum Gasteiger partial charge on any atom is -0.456 e. The summed E-state index contributed by atoms with van der Waals surface area (Å²) in [6, 6.07) is 64.6. The van der Waals surface area contributed by atoms with Crippen LogP contribution in [0.15, 0.2) is 197 Å². The van der Waals surface area contributed by atoms with E-state index in [1.54, 1.807) is 0 Å². The number of rotatable bonds is 6. The van der Waals surface area contributed by atoms with Crippen molar-refractivity contribution in [1.29, 1.82) is 0 Å². The average Bonchev–Trinajstić information content (AvgIpc) is 3.85. The number of fused-ring (bicyclic) bond motifs is 6. The Bertz CT molecular complexity index is 3170. The third kappa shape index (κ3) is 5.45. The number of hydrogen-bond donors (Lipinski definition) is 0. The Morgan fingerprint density at radius 1 is 0.286 bits per heavy atom. The molecular weight excluding hydrogens is 687 g/mol. The second kappa shape index (κ2) is 13.0. The van der Waals surface area contributed by atoms with E-state index >= 15 is 0 Å². The molecule has 11 rings (SSSR count). The Morgan fingerprint density at radius 2 is 0.839 bits per heavy atom. The van der Waals surface area contributed by atoms with E-state index < -0.39 is 0 Å². The zero-order valence-electron chi connectivity index (χ0n) is 30.1. The van der Waals surface area contributed by atoms with E-state index in [1.165, 1.54) is 11.1 Å². The van der Waals surface area contributed by atoms with Crippen molar-refractivity contribution in [1.82, 2.24) is 15.0 Å². The third-order valence-electron chi connectivity index (χ3n) is 10.6. The van der Waals surface area contributed by atoms with Gasteiger partial charge in [-0.2, -0.15) is 0 Å². The number of benzene rings is 8. The first kappa shape index (κ1) is 31.9. The molecule has 5 heteroatoms. The topological polar surface area (TPSA) is 65.0 Å². The summed E-state index contributed by atoms with van der Waals surface area (Å²) < 4.78 is 13.3. The smallest absolute Gasteiger partial charge is 0.167 e. The number of nitrogens with zero attached hydrogens (tertiary/aromatic N) is 3. The summed E-state index contributed by atoms with van der Waals surface area (Å²) in [6.45, 7) is 0. The first-order valence-electron chi connectivity index (χ1n) is 18.7. The second-order valence-corrected chi connectivity index (χ2v) is 14.0. The Labute approximate surface area is 322 Å². The van der Waals surface area contributed by atoms with Gasteiger partial charge in [-0.25, -0.2) is 15.0 Å². The number of para-hydroxylation sites is 2. The summed E-state index contributed by atoms with van der Waals surface area (Å²) >= 11 is 0. The van der Waals surface area contributed by atoms with Gasteiger partial charge in [0.25, 0.3) is 0 Å². The van der Waals surface area contributed by atoms with Crippen molar-refractivity contribution in [2.45, 2.75) is 0 Å². The van der Waals surface area contributed by atoms with Crippen molar-refractivity contribution >= 4 is 43.9 Å². The zero-order chi connectivity index (χ0) is 37.0. The highest BCUT2D eigenvalue weighted by atomic mass is 16.3. The van der Waals surface area contributed by atoms with E-state index in [9.17, 15) is 0 Å². The molecule has 0 amide bonds. The highest BCUT2D eigenvalue weighted by Crippen LogP contribution is 2.42. The molecule has 0 bridgehead atoms. The molecule has 3 heterocycles. The predicted molar refractivity (Wildman–Crippen MR) is 227 cm³/mol. The summed E-state index contributed by atoms with van der Waals surface area (Å²) in [6.07, 6.45) is 0. The molecule has 0 N–H and O–H groups in total. The quantitative estimate of drug-likeness (QED) is 0.171.